The highest BCUT2D eigenvalue weighted by molar-refractivity contribution is 7.16. The van der Waals surface area contributed by atoms with Crippen molar-refractivity contribution in [1.29, 1.82) is 0 Å². The summed E-state index contributed by atoms with van der Waals surface area (Å²) in [6.45, 7) is 1.87. The van der Waals surface area contributed by atoms with E-state index in [1.807, 2.05) is 16.3 Å². The first-order chi connectivity index (χ1) is 8.79. The molecule has 1 atom stereocenters. The molecule has 1 saturated heterocycles. The maximum absolute atomic E-state index is 9.42. The molecule has 2 aromatic heterocycles. The molecule has 1 N–H and O–H groups in total. The van der Waals surface area contributed by atoms with E-state index in [2.05, 4.69) is 9.97 Å². The topological polar surface area (TPSA) is 58.5 Å². The van der Waals surface area contributed by atoms with Crippen molar-refractivity contribution in [2.75, 3.05) is 31.3 Å². The molecule has 0 aromatic carbocycles. The molecule has 0 bridgehead atoms. The molecule has 0 saturated carbocycles. The van der Waals surface area contributed by atoms with Crippen LogP contribution in [0.3, 0.4) is 0 Å². The fourth-order valence-corrected chi connectivity index (χ4v) is 3.09. The zero-order chi connectivity index (χ0) is 12.5. The van der Waals surface area contributed by atoms with Crippen LogP contribution in [0.4, 0.5) is 5.82 Å². The highest BCUT2D eigenvalue weighted by atomic mass is 35.5. The van der Waals surface area contributed by atoms with Crippen LogP contribution in [-0.4, -0.2) is 47.5 Å². The molecule has 3 heterocycles. The first kappa shape index (κ1) is 12.1. The Balaban J connectivity index is 2.08. The van der Waals surface area contributed by atoms with Crippen molar-refractivity contribution in [1.82, 2.24) is 9.97 Å². The maximum Gasteiger partial charge on any atom is 0.225 e. The highest BCUT2D eigenvalue weighted by Gasteiger charge is 2.25. The number of thiophene rings is 1. The quantitative estimate of drug-likeness (QED) is 0.848. The number of halogens is 1. The smallest absolute Gasteiger partial charge is 0.225 e. The second kappa shape index (κ2) is 4.97. The molecule has 96 valence electrons. The third-order valence-corrected chi connectivity index (χ3v) is 3.96. The third-order valence-electron chi connectivity index (χ3n) is 2.99. The summed E-state index contributed by atoms with van der Waals surface area (Å²) in [6.07, 6.45) is 0. The number of rotatable bonds is 2. The SMILES string of the molecule is OCC1COCCN1c1nc(Cl)nc2sccc12. The van der Waals surface area contributed by atoms with E-state index in [1.54, 1.807) is 0 Å². The molecule has 1 aliphatic heterocycles. The molecule has 0 aliphatic carbocycles. The molecule has 3 rings (SSSR count). The van der Waals surface area contributed by atoms with Gasteiger partial charge in [0.25, 0.3) is 0 Å². The number of aromatic nitrogens is 2. The molecule has 18 heavy (non-hydrogen) atoms. The van der Waals surface area contributed by atoms with Gasteiger partial charge in [-0.2, -0.15) is 4.98 Å². The van der Waals surface area contributed by atoms with Gasteiger partial charge in [0.05, 0.1) is 31.2 Å². The number of aliphatic hydroxyl groups is 1. The number of anilines is 1. The lowest BCUT2D eigenvalue weighted by atomic mass is 10.2. The lowest BCUT2D eigenvalue weighted by Gasteiger charge is -2.35. The van der Waals surface area contributed by atoms with Crippen molar-refractivity contribution >= 4 is 39.0 Å². The molecular weight excluding hydrogens is 274 g/mol. The largest absolute Gasteiger partial charge is 0.394 e. The fraction of sp³-hybridized carbons (Fsp3) is 0.455. The summed E-state index contributed by atoms with van der Waals surface area (Å²) < 4.78 is 5.37. The minimum absolute atomic E-state index is 0.0350. The van der Waals surface area contributed by atoms with Crippen molar-refractivity contribution < 1.29 is 9.84 Å². The van der Waals surface area contributed by atoms with E-state index in [0.29, 0.717) is 19.8 Å². The lowest BCUT2D eigenvalue weighted by molar-refractivity contribution is 0.0724. The molecule has 0 amide bonds. The van der Waals surface area contributed by atoms with E-state index in [1.165, 1.54) is 11.3 Å². The van der Waals surface area contributed by atoms with E-state index < -0.39 is 0 Å². The van der Waals surface area contributed by atoms with Gasteiger partial charge in [-0.25, -0.2) is 4.98 Å². The number of ether oxygens (including phenoxy) is 1. The molecule has 1 unspecified atom stereocenters. The number of nitrogens with zero attached hydrogens (tertiary/aromatic N) is 3. The Kier molecular flexibility index (Phi) is 3.34. The zero-order valence-electron chi connectivity index (χ0n) is 9.54. The van der Waals surface area contributed by atoms with E-state index in [-0.39, 0.29) is 17.9 Å². The van der Waals surface area contributed by atoms with Crippen LogP contribution < -0.4 is 4.90 Å². The molecule has 0 radical (unpaired) electrons. The Bertz CT molecular complexity index is 562. The summed E-state index contributed by atoms with van der Waals surface area (Å²) in [7, 11) is 0. The summed E-state index contributed by atoms with van der Waals surface area (Å²) in [6, 6.07) is 1.91. The standard InChI is InChI=1S/C11H12ClN3O2S/c12-11-13-9(8-1-4-18-10(8)14-11)15-2-3-17-6-7(15)5-16/h1,4,7,16H,2-3,5-6H2. The first-order valence-corrected chi connectivity index (χ1v) is 6.91. The molecule has 1 fully saturated rings. The average molecular weight is 286 g/mol. The van der Waals surface area contributed by atoms with E-state index >= 15 is 0 Å². The van der Waals surface area contributed by atoms with Crippen LogP contribution in [0.25, 0.3) is 10.2 Å². The van der Waals surface area contributed by atoms with Crippen molar-refractivity contribution in [2.24, 2.45) is 0 Å². The van der Waals surface area contributed by atoms with Crippen molar-refractivity contribution in [3.8, 4) is 0 Å². The van der Waals surface area contributed by atoms with Gasteiger partial charge in [0.15, 0.2) is 0 Å². The van der Waals surface area contributed by atoms with Crippen LogP contribution in [-0.2, 0) is 4.74 Å². The van der Waals surface area contributed by atoms with Gasteiger partial charge in [-0.1, -0.05) is 0 Å². The molecule has 0 spiro atoms. The van der Waals surface area contributed by atoms with Crippen LogP contribution in [0.15, 0.2) is 11.4 Å². The Morgan fingerprint density at radius 1 is 1.56 bits per heavy atom. The first-order valence-electron chi connectivity index (χ1n) is 5.65. The van der Waals surface area contributed by atoms with E-state index in [9.17, 15) is 5.11 Å². The van der Waals surface area contributed by atoms with Crippen LogP contribution in [0.2, 0.25) is 5.28 Å². The zero-order valence-corrected chi connectivity index (χ0v) is 11.1. The molecular formula is C11H12ClN3O2S. The Hall–Kier alpha value is -0.950. The maximum atomic E-state index is 9.42. The van der Waals surface area contributed by atoms with Crippen molar-refractivity contribution in [3.63, 3.8) is 0 Å². The minimum Gasteiger partial charge on any atom is -0.394 e. The summed E-state index contributed by atoms with van der Waals surface area (Å²) in [5.74, 6) is 0.786. The molecule has 1 aliphatic rings. The van der Waals surface area contributed by atoms with Crippen LogP contribution in [0, 0.1) is 0 Å². The fourth-order valence-electron chi connectivity index (χ4n) is 2.12. The number of hydrogen-bond donors (Lipinski definition) is 1. The van der Waals surface area contributed by atoms with Gasteiger partial charge in [0.1, 0.15) is 10.6 Å². The van der Waals surface area contributed by atoms with Gasteiger partial charge < -0.3 is 14.7 Å². The van der Waals surface area contributed by atoms with Crippen LogP contribution in [0.1, 0.15) is 0 Å². The van der Waals surface area contributed by atoms with E-state index in [4.69, 9.17) is 16.3 Å². The van der Waals surface area contributed by atoms with Gasteiger partial charge in [0.2, 0.25) is 5.28 Å². The molecule has 7 heteroatoms. The monoisotopic (exact) mass is 285 g/mol. The number of hydrogen-bond acceptors (Lipinski definition) is 6. The van der Waals surface area contributed by atoms with E-state index in [0.717, 1.165) is 16.0 Å². The summed E-state index contributed by atoms with van der Waals surface area (Å²) in [5.41, 5.74) is 0. The predicted octanol–water partition coefficient (Wildman–Crippen LogP) is 1.54. The Morgan fingerprint density at radius 2 is 2.44 bits per heavy atom. The lowest BCUT2D eigenvalue weighted by Crippen LogP contribution is -2.48. The van der Waals surface area contributed by atoms with Crippen LogP contribution >= 0.6 is 22.9 Å². The Labute approximate surface area is 113 Å². The van der Waals surface area contributed by atoms with Gasteiger partial charge in [-0.15, -0.1) is 11.3 Å². The molecule has 5 nitrogen and oxygen atoms in total. The third kappa shape index (κ3) is 2.05. The normalized spacial score (nSPS) is 20.6. The van der Waals surface area contributed by atoms with Gasteiger partial charge in [-0.3, -0.25) is 0 Å². The van der Waals surface area contributed by atoms with Gasteiger partial charge in [0, 0.05) is 6.54 Å². The van der Waals surface area contributed by atoms with Crippen molar-refractivity contribution in [2.45, 2.75) is 6.04 Å². The minimum atomic E-state index is -0.0761. The average Bonchev–Trinajstić information content (AvgIpc) is 2.85. The highest BCUT2D eigenvalue weighted by Crippen LogP contribution is 2.30. The summed E-state index contributed by atoms with van der Waals surface area (Å²) in [4.78, 5) is 11.4. The van der Waals surface area contributed by atoms with Gasteiger partial charge >= 0.3 is 0 Å². The Morgan fingerprint density at radius 3 is 3.28 bits per heavy atom. The number of morpholine rings is 1. The summed E-state index contributed by atoms with van der Waals surface area (Å²) in [5, 5.41) is 12.6. The number of aliphatic hydroxyl groups excluding tert-OH is 1. The summed E-state index contributed by atoms with van der Waals surface area (Å²) >= 11 is 7.49. The van der Waals surface area contributed by atoms with Gasteiger partial charge in [-0.05, 0) is 23.0 Å². The second-order valence-electron chi connectivity index (χ2n) is 4.06. The van der Waals surface area contributed by atoms with Crippen molar-refractivity contribution in [3.05, 3.63) is 16.7 Å². The number of fused-ring (bicyclic) bond motifs is 1. The molecule has 2 aromatic rings. The van der Waals surface area contributed by atoms with Crippen LogP contribution in [0.5, 0.6) is 0 Å². The predicted molar refractivity (Wildman–Crippen MR) is 71.5 cm³/mol. The second-order valence-corrected chi connectivity index (χ2v) is 5.29.